The van der Waals surface area contributed by atoms with Crippen molar-refractivity contribution in [2.75, 3.05) is 0 Å². The summed E-state index contributed by atoms with van der Waals surface area (Å²) in [6.07, 6.45) is 7.61. The number of imidazole rings is 1. The molecule has 1 saturated carbocycles. The largest absolute Gasteiger partial charge is 0.329 e. The first-order valence-corrected chi connectivity index (χ1v) is 9.38. The Hall–Kier alpha value is -2.96. The number of nitrogens with one attached hydrogen (secondary N) is 1. The Labute approximate surface area is 158 Å². The van der Waals surface area contributed by atoms with Gasteiger partial charge in [-0.1, -0.05) is 19.9 Å². The summed E-state index contributed by atoms with van der Waals surface area (Å²) in [5.41, 5.74) is 2.25. The van der Waals surface area contributed by atoms with E-state index in [4.69, 9.17) is 0 Å². The quantitative estimate of drug-likeness (QED) is 0.699. The molecule has 4 rings (SSSR count). The van der Waals surface area contributed by atoms with E-state index in [1.165, 1.54) is 0 Å². The van der Waals surface area contributed by atoms with Crippen molar-refractivity contribution in [1.29, 1.82) is 0 Å². The highest BCUT2D eigenvalue weighted by molar-refractivity contribution is 5.92. The number of pyridine rings is 1. The van der Waals surface area contributed by atoms with Gasteiger partial charge >= 0.3 is 0 Å². The van der Waals surface area contributed by atoms with Gasteiger partial charge in [0, 0.05) is 30.6 Å². The lowest BCUT2D eigenvalue weighted by atomic mass is 10.2. The molecule has 0 aromatic carbocycles. The highest BCUT2D eigenvalue weighted by Gasteiger charge is 2.34. The SMILES string of the molecule is CC(C)c1nccn1Cc1cc(C(=O)N(Cc2ccccn2)C2CC2)n[nH]1. The van der Waals surface area contributed by atoms with Crippen LogP contribution in [0.1, 0.15) is 60.3 Å². The molecule has 0 aliphatic heterocycles. The minimum atomic E-state index is -0.0413. The van der Waals surface area contributed by atoms with Crippen LogP contribution in [0.25, 0.3) is 0 Å². The predicted octanol–water partition coefficient (Wildman–Crippen LogP) is 2.98. The molecular weight excluding hydrogens is 340 g/mol. The maximum absolute atomic E-state index is 13.0. The van der Waals surface area contributed by atoms with Gasteiger partial charge in [0.1, 0.15) is 5.82 Å². The number of aromatic nitrogens is 5. The van der Waals surface area contributed by atoms with E-state index in [2.05, 4.69) is 38.6 Å². The Morgan fingerprint density at radius 1 is 1.30 bits per heavy atom. The minimum absolute atomic E-state index is 0.0413. The average Bonchev–Trinajstić information content (AvgIpc) is 3.21. The van der Waals surface area contributed by atoms with E-state index in [-0.39, 0.29) is 5.91 Å². The fourth-order valence-corrected chi connectivity index (χ4v) is 3.26. The summed E-state index contributed by atoms with van der Waals surface area (Å²) < 4.78 is 2.08. The Kier molecular flexibility index (Phi) is 4.75. The van der Waals surface area contributed by atoms with Crippen LogP contribution in [0.4, 0.5) is 0 Å². The number of rotatable bonds is 7. The molecule has 3 heterocycles. The third-order valence-corrected chi connectivity index (χ3v) is 4.76. The van der Waals surface area contributed by atoms with E-state index in [0.717, 1.165) is 30.1 Å². The second-order valence-electron chi connectivity index (χ2n) is 7.33. The van der Waals surface area contributed by atoms with E-state index >= 15 is 0 Å². The molecule has 0 unspecified atom stereocenters. The molecule has 1 N–H and O–H groups in total. The van der Waals surface area contributed by atoms with E-state index in [1.54, 1.807) is 12.4 Å². The molecular formula is C20H24N6O. The summed E-state index contributed by atoms with van der Waals surface area (Å²) in [6.45, 7) is 5.38. The van der Waals surface area contributed by atoms with Crippen molar-refractivity contribution in [1.82, 2.24) is 29.6 Å². The van der Waals surface area contributed by atoms with Crippen molar-refractivity contribution >= 4 is 5.91 Å². The van der Waals surface area contributed by atoms with Crippen LogP contribution in [0.5, 0.6) is 0 Å². The smallest absolute Gasteiger partial charge is 0.274 e. The van der Waals surface area contributed by atoms with Gasteiger partial charge < -0.3 is 9.47 Å². The second-order valence-corrected chi connectivity index (χ2v) is 7.33. The molecule has 7 heteroatoms. The zero-order valence-corrected chi connectivity index (χ0v) is 15.7. The van der Waals surface area contributed by atoms with Crippen molar-refractivity contribution in [2.45, 2.75) is 51.7 Å². The van der Waals surface area contributed by atoms with Gasteiger partial charge in [0.05, 0.1) is 24.5 Å². The van der Waals surface area contributed by atoms with E-state index in [9.17, 15) is 4.79 Å². The van der Waals surface area contributed by atoms with Crippen LogP contribution in [0, 0.1) is 0 Å². The molecule has 0 atom stereocenters. The molecule has 3 aromatic heterocycles. The van der Waals surface area contributed by atoms with Crippen LogP contribution in [-0.2, 0) is 13.1 Å². The first-order valence-electron chi connectivity index (χ1n) is 9.38. The third kappa shape index (κ3) is 3.92. The molecule has 0 bridgehead atoms. The minimum Gasteiger partial charge on any atom is -0.329 e. The number of amides is 1. The zero-order chi connectivity index (χ0) is 18.8. The molecule has 1 aliphatic rings. The van der Waals surface area contributed by atoms with Crippen LogP contribution < -0.4 is 0 Å². The summed E-state index contributed by atoms with van der Waals surface area (Å²) in [6, 6.07) is 7.92. The van der Waals surface area contributed by atoms with Crippen LogP contribution in [0.2, 0.25) is 0 Å². The summed E-state index contributed by atoms with van der Waals surface area (Å²) in [4.78, 5) is 23.7. The zero-order valence-electron chi connectivity index (χ0n) is 15.7. The van der Waals surface area contributed by atoms with Crippen LogP contribution in [-0.4, -0.2) is 41.6 Å². The van der Waals surface area contributed by atoms with Crippen LogP contribution in [0.3, 0.4) is 0 Å². The number of carbonyl (C=O) groups is 1. The molecule has 0 saturated heterocycles. The summed E-state index contributed by atoms with van der Waals surface area (Å²) in [5.74, 6) is 1.32. The topological polar surface area (TPSA) is 79.7 Å². The van der Waals surface area contributed by atoms with Gasteiger partial charge in [-0.2, -0.15) is 5.10 Å². The number of carbonyl (C=O) groups excluding carboxylic acids is 1. The van der Waals surface area contributed by atoms with Crippen molar-refractivity contribution < 1.29 is 4.79 Å². The van der Waals surface area contributed by atoms with Gasteiger partial charge in [0.25, 0.3) is 5.91 Å². The normalized spacial score (nSPS) is 13.9. The van der Waals surface area contributed by atoms with Gasteiger partial charge in [-0.05, 0) is 31.0 Å². The Balaban J connectivity index is 1.49. The van der Waals surface area contributed by atoms with Crippen molar-refractivity contribution in [3.05, 3.63) is 65.8 Å². The molecule has 3 aromatic rings. The maximum atomic E-state index is 13.0. The summed E-state index contributed by atoms with van der Waals surface area (Å²) in [7, 11) is 0. The third-order valence-electron chi connectivity index (χ3n) is 4.76. The van der Waals surface area contributed by atoms with E-state index in [0.29, 0.717) is 30.7 Å². The Morgan fingerprint density at radius 3 is 2.85 bits per heavy atom. The van der Waals surface area contributed by atoms with E-state index in [1.807, 2.05) is 35.4 Å². The summed E-state index contributed by atoms with van der Waals surface area (Å²) >= 11 is 0. The van der Waals surface area contributed by atoms with Crippen molar-refractivity contribution in [3.63, 3.8) is 0 Å². The average molecular weight is 364 g/mol. The molecule has 1 fully saturated rings. The molecule has 27 heavy (non-hydrogen) atoms. The predicted molar refractivity (Wildman–Crippen MR) is 101 cm³/mol. The molecule has 1 amide bonds. The fourth-order valence-electron chi connectivity index (χ4n) is 3.26. The van der Waals surface area contributed by atoms with Gasteiger partial charge in [-0.3, -0.25) is 14.9 Å². The lowest BCUT2D eigenvalue weighted by Gasteiger charge is -2.20. The lowest BCUT2D eigenvalue weighted by Crippen LogP contribution is -2.33. The monoisotopic (exact) mass is 364 g/mol. The second kappa shape index (κ2) is 7.34. The molecule has 140 valence electrons. The highest BCUT2D eigenvalue weighted by atomic mass is 16.2. The number of H-pyrrole nitrogens is 1. The summed E-state index contributed by atoms with van der Waals surface area (Å²) in [5, 5.41) is 7.28. The molecule has 7 nitrogen and oxygen atoms in total. The molecule has 1 aliphatic carbocycles. The van der Waals surface area contributed by atoms with Gasteiger partial charge in [-0.25, -0.2) is 4.98 Å². The number of hydrogen-bond donors (Lipinski definition) is 1. The van der Waals surface area contributed by atoms with Crippen LogP contribution >= 0.6 is 0 Å². The Bertz CT molecular complexity index is 909. The van der Waals surface area contributed by atoms with Crippen LogP contribution in [0.15, 0.2) is 42.9 Å². The van der Waals surface area contributed by atoms with Crippen molar-refractivity contribution in [3.8, 4) is 0 Å². The lowest BCUT2D eigenvalue weighted by molar-refractivity contribution is 0.0721. The molecule has 0 radical (unpaired) electrons. The fraction of sp³-hybridized carbons (Fsp3) is 0.400. The van der Waals surface area contributed by atoms with Gasteiger partial charge in [0.2, 0.25) is 0 Å². The maximum Gasteiger partial charge on any atom is 0.274 e. The van der Waals surface area contributed by atoms with Crippen molar-refractivity contribution in [2.24, 2.45) is 0 Å². The number of nitrogens with zero attached hydrogens (tertiary/aromatic N) is 5. The first-order chi connectivity index (χ1) is 13.1. The standard InChI is InChI=1S/C20H24N6O/c1-14(2)19-22-9-10-25(19)12-16-11-18(24-23-16)20(27)26(17-6-7-17)13-15-5-3-4-8-21-15/h3-5,8-11,14,17H,6-7,12-13H2,1-2H3,(H,23,24). The molecule has 0 spiro atoms. The highest BCUT2D eigenvalue weighted by Crippen LogP contribution is 2.29. The number of aromatic amines is 1. The van der Waals surface area contributed by atoms with Gasteiger partial charge in [0.15, 0.2) is 5.69 Å². The Morgan fingerprint density at radius 2 is 2.15 bits per heavy atom. The van der Waals surface area contributed by atoms with Gasteiger partial charge in [-0.15, -0.1) is 0 Å². The first kappa shape index (κ1) is 17.5. The number of hydrogen-bond acceptors (Lipinski definition) is 4. The van der Waals surface area contributed by atoms with E-state index < -0.39 is 0 Å².